The van der Waals surface area contributed by atoms with Gasteiger partial charge in [-0.15, -0.1) is 0 Å². The van der Waals surface area contributed by atoms with E-state index in [1.165, 1.54) is 29.2 Å². The minimum atomic E-state index is -1.13. The van der Waals surface area contributed by atoms with Crippen LogP contribution in [-0.2, 0) is 0 Å². The summed E-state index contributed by atoms with van der Waals surface area (Å²) in [7, 11) is 0. The van der Waals surface area contributed by atoms with Gasteiger partial charge >= 0.3 is 0 Å². The molecule has 4 nitrogen and oxygen atoms in total. The van der Waals surface area contributed by atoms with Crippen molar-refractivity contribution in [3.05, 3.63) is 76.3 Å². The Kier molecular flexibility index (Phi) is 4.39. The number of carbonyl (C=O) groups excluding carboxylic acids is 1. The SMILES string of the molecule is O=C(Nc1cnn(-c2ccccc2F)c1)c1cc(F)c(F)cc1Br. The third-order valence-corrected chi connectivity index (χ3v) is 3.85. The minimum Gasteiger partial charge on any atom is -0.319 e. The summed E-state index contributed by atoms with van der Waals surface area (Å²) in [5.74, 6) is -3.33. The zero-order valence-electron chi connectivity index (χ0n) is 11.9. The highest BCUT2D eigenvalue weighted by Gasteiger charge is 2.16. The van der Waals surface area contributed by atoms with Gasteiger partial charge in [0.25, 0.3) is 5.91 Å². The lowest BCUT2D eigenvalue weighted by molar-refractivity contribution is 0.102. The molecule has 2 aromatic carbocycles. The lowest BCUT2D eigenvalue weighted by atomic mass is 10.2. The van der Waals surface area contributed by atoms with Crippen molar-refractivity contribution in [2.45, 2.75) is 0 Å². The third kappa shape index (κ3) is 3.18. The maximum absolute atomic E-state index is 13.7. The first-order chi connectivity index (χ1) is 11.5. The fraction of sp³-hybridized carbons (Fsp3) is 0. The van der Waals surface area contributed by atoms with E-state index in [9.17, 15) is 18.0 Å². The van der Waals surface area contributed by atoms with Gasteiger partial charge in [0.05, 0.1) is 23.6 Å². The van der Waals surface area contributed by atoms with Gasteiger partial charge in [0.2, 0.25) is 0 Å². The maximum atomic E-state index is 13.7. The predicted octanol–water partition coefficient (Wildman–Crippen LogP) is 4.30. The summed E-state index contributed by atoms with van der Waals surface area (Å²) in [6, 6.07) is 7.67. The molecule has 0 aliphatic carbocycles. The number of anilines is 1. The van der Waals surface area contributed by atoms with Gasteiger partial charge < -0.3 is 5.32 Å². The van der Waals surface area contributed by atoms with Gasteiger partial charge in [-0.2, -0.15) is 5.10 Å². The van der Waals surface area contributed by atoms with Crippen LogP contribution in [0.3, 0.4) is 0 Å². The molecule has 1 amide bonds. The van der Waals surface area contributed by atoms with Gasteiger partial charge in [0.15, 0.2) is 11.6 Å². The first-order valence-electron chi connectivity index (χ1n) is 6.71. The van der Waals surface area contributed by atoms with Crippen LogP contribution in [0.25, 0.3) is 5.69 Å². The monoisotopic (exact) mass is 395 g/mol. The van der Waals surface area contributed by atoms with Gasteiger partial charge in [0.1, 0.15) is 11.5 Å². The summed E-state index contributed by atoms with van der Waals surface area (Å²) in [5, 5.41) is 6.46. The lowest BCUT2D eigenvalue weighted by Crippen LogP contribution is -2.13. The molecule has 24 heavy (non-hydrogen) atoms. The number of carbonyl (C=O) groups is 1. The average molecular weight is 396 g/mol. The molecule has 1 aromatic heterocycles. The van der Waals surface area contributed by atoms with E-state index in [2.05, 4.69) is 26.3 Å². The van der Waals surface area contributed by atoms with Crippen molar-refractivity contribution in [3.63, 3.8) is 0 Å². The van der Waals surface area contributed by atoms with E-state index >= 15 is 0 Å². The number of rotatable bonds is 3. The Labute approximate surface area is 143 Å². The minimum absolute atomic E-state index is 0.0764. The Balaban J connectivity index is 1.84. The molecule has 0 fully saturated rings. The maximum Gasteiger partial charge on any atom is 0.257 e. The van der Waals surface area contributed by atoms with Crippen molar-refractivity contribution in [1.82, 2.24) is 9.78 Å². The van der Waals surface area contributed by atoms with E-state index in [1.54, 1.807) is 12.1 Å². The van der Waals surface area contributed by atoms with E-state index in [0.29, 0.717) is 0 Å². The zero-order chi connectivity index (χ0) is 17.3. The van der Waals surface area contributed by atoms with Gasteiger partial charge in [-0.3, -0.25) is 4.79 Å². The van der Waals surface area contributed by atoms with Crippen molar-refractivity contribution in [3.8, 4) is 5.69 Å². The molecule has 0 unspecified atom stereocenters. The highest BCUT2D eigenvalue weighted by molar-refractivity contribution is 9.10. The van der Waals surface area contributed by atoms with E-state index in [-0.39, 0.29) is 21.4 Å². The first kappa shape index (κ1) is 16.3. The highest BCUT2D eigenvalue weighted by Crippen LogP contribution is 2.22. The van der Waals surface area contributed by atoms with E-state index in [1.807, 2.05) is 0 Å². The quantitative estimate of drug-likeness (QED) is 0.671. The number of amides is 1. The molecule has 0 atom stereocenters. The zero-order valence-corrected chi connectivity index (χ0v) is 13.5. The van der Waals surface area contributed by atoms with Crippen molar-refractivity contribution in [2.75, 3.05) is 5.32 Å². The van der Waals surface area contributed by atoms with E-state index in [4.69, 9.17) is 0 Å². The molecule has 1 heterocycles. The van der Waals surface area contributed by atoms with Crippen LogP contribution >= 0.6 is 15.9 Å². The Morgan fingerprint density at radius 1 is 1.08 bits per heavy atom. The van der Waals surface area contributed by atoms with Crippen LogP contribution < -0.4 is 5.32 Å². The number of para-hydroxylation sites is 1. The number of nitrogens with one attached hydrogen (secondary N) is 1. The largest absolute Gasteiger partial charge is 0.319 e. The second kappa shape index (κ2) is 6.48. The molecule has 8 heteroatoms. The Morgan fingerprint density at radius 2 is 1.79 bits per heavy atom. The van der Waals surface area contributed by atoms with Crippen LogP contribution in [0.1, 0.15) is 10.4 Å². The topological polar surface area (TPSA) is 46.9 Å². The van der Waals surface area contributed by atoms with Gasteiger partial charge in [-0.1, -0.05) is 12.1 Å². The fourth-order valence-corrected chi connectivity index (χ4v) is 2.55. The summed E-state index contributed by atoms with van der Waals surface area (Å²) in [5.41, 5.74) is 0.416. The molecule has 0 saturated heterocycles. The number of aromatic nitrogens is 2. The molecule has 0 radical (unpaired) electrons. The van der Waals surface area contributed by atoms with Crippen LogP contribution in [0.5, 0.6) is 0 Å². The highest BCUT2D eigenvalue weighted by atomic mass is 79.9. The summed E-state index contributed by atoms with van der Waals surface area (Å²) in [4.78, 5) is 12.2. The molecule has 0 bridgehead atoms. The summed E-state index contributed by atoms with van der Waals surface area (Å²) < 4.78 is 41.5. The number of hydrogen-bond acceptors (Lipinski definition) is 2. The third-order valence-electron chi connectivity index (χ3n) is 3.19. The van der Waals surface area contributed by atoms with Crippen LogP contribution in [0.2, 0.25) is 0 Å². The number of halogens is 4. The molecule has 1 N–H and O–H groups in total. The van der Waals surface area contributed by atoms with Gasteiger partial charge in [-0.25, -0.2) is 17.9 Å². The van der Waals surface area contributed by atoms with Crippen molar-refractivity contribution in [2.24, 2.45) is 0 Å². The molecule has 3 aromatic rings. The molecule has 0 saturated carbocycles. The van der Waals surface area contributed by atoms with Crippen molar-refractivity contribution in [1.29, 1.82) is 0 Å². The normalized spacial score (nSPS) is 10.7. The Bertz CT molecular complexity index is 927. The van der Waals surface area contributed by atoms with Crippen LogP contribution in [-0.4, -0.2) is 15.7 Å². The molecule has 3 rings (SSSR count). The summed E-state index contributed by atoms with van der Waals surface area (Å²) in [6.07, 6.45) is 2.72. The molecular formula is C16H9BrF3N3O. The smallest absolute Gasteiger partial charge is 0.257 e. The number of nitrogens with zero attached hydrogens (tertiary/aromatic N) is 2. The fourth-order valence-electron chi connectivity index (χ4n) is 2.05. The predicted molar refractivity (Wildman–Crippen MR) is 85.5 cm³/mol. The number of hydrogen-bond donors (Lipinski definition) is 1. The second-order valence-corrected chi connectivity index (χ2v) is 5.68. The Morgan fingerprint density at radius 3 is 2.54 bits per heavy atom. The molecule has 0 spiro atoms. The van der Waals surface area contributed by atoms with Crippen LogP contribution in [0, 0.1) is 17.5 Å². The summed E-state index contributed by atoms with van der Waals surface area (Å²) in [6.45, 7) is 0. The number of benzene rings is 2. The van der Waals surface area contributed by atoms with Crippen LogP contribution in [0.15, 0.2) is 53.3 Å². The lowest BCUT2D eigenvalue weighted by Gasteiger charge is -2.06. The van der Waals surface area contributed by atoms with Gasteiger partial charge in [-0.05, 0) is 40.2 Å². The van der Waals surface area contributed by atoms with E-state index < -0.39 is 23.4 Å². The molecule has 122 valence electrons. The molecular weight excluding hydrogens is 387 g/mol. The van der Waals surface area contributed by atoms with E-state index in [0.717, 1.165) is 12.1 Å². The average Bonchev–Trinajstić information content (AvgIpc) is 2.99. The van der Waals surface area contributed by atoms with Crippen LogP contribution in [0.4, 0.5) is 18.9 Å². The van der Waals surface area contributed by atoms with Crippen molar-refractivity contribution < 1.29 is 18.0 Å². The first-order valence-corrected chi connectivity index (χ1v) is 7.50. The second-order valence-electron chi connectivity index (χ2n) is 4.83. The van der Waals surface area contributed by atoms with Gasteiger partial charge in [0, 0.05) is 4.47 Å². The standard InChI is InChI=1S/C16H9BrF3N3O/c17-11-6-14(20)13(19)5-10(11)16(24)22-9-7-21-23(8-9)15-4-2-1-3-12(15)18/h1-8H,(H,22,24). The Hall–Kier alpha value is -2.61. The molecule has 0 aliphatic rings. The van der Waals surface area contributed by atoms with Crippen molar-refractivity contribution >= 4 is 27.5 Å². The molecule has 0 aliphatic heterocycles. The summed E-state index contributed by atoms with van der Waals surface area (Å²) >= 11 is 3.01.